The smallest absolute Gasteiger partial charge is 0.145 e. The van der Waals surface area contributed by atoms with Gasteiger partial charge < -0.3 is 15.1 Å². The highest BCUT2D eigenvalue weighted by Crippen LogP contribution is 2.14. The second kappa shape index (κ2) is 7.03. The van der Waals surface area contributed by atoms with Gasteiger partial charge in [-0.1, -0.05) is 13.8 Å². The Bertz CT molecular complexity index is 331. The van der Waals surface area contributed by atoms with Gasteiger partial charge in [0.25, 0.3) is 0 Å². The summed E-state index contributed by atoms with van der Waals surface area (Å²) < 4.78 is 5.11. The molecule has 17 heavy (non-hydrogen) atoms. The number of anilines is 2. The van der Waals surface area contributed by atoms with Gasteiger partial charge in [-0.15, -0.1) is 0 Å². The summed E-state index contributed by atoms with van der Waals surface area (Å²) in [7, 11) is 1.69. The summed E-state index contributed by atoms with van der Waals surface area (Å²) in [5.74, 6) is 7.36. The third-order valence-electron chi connectivity index (χ3n) is 2.28. The minimum atomic E-state index is 0.552. The molecule has 0 saturated heterocycles. The van der Waals surface area contributed by atoms with Crippen LogP contribution >= 0.6 is 0 Å². The number of rotatable bonds is 7. The molecule has 0 radical (unpaired) electrons. The van der Waals surface area contributed by atoms with Crippen molar-refractivity contribution < 1.29 is 4.74 Å². The molecule has 3 N–H and O–H groups in total. The van der Waals surface area contributed by atoms with Gasteiger partial charge in [-0.2, -0.15) is 0 Å². The van der Waals surface area contributed by atoms with Crippen molar-refractivity contribution in [1.29, 1.82) is 0 Å². The summed E-state index contributed by atoms with van der Waals surface area (Å²) in [6.07, 6.45) is 1.50. The van der Waals surface area contributed by atoms with E-state index in [9.17, 15) is 0 Å². The molecule has 0 spiro atoms. The number of hydrogen-bond donors (Lipinski definition) is 2. The number of hydrogen-bond acceptors (Lipinski definition) is 6. The molecule has 0 fully saturated rings. The van der Waals surface area contributed by atoms with Crippen molar-refractivity contribution in [2.45, 2.75) is 13.8 Å². The predicted molar refractivity (Wildman–Crippen MR) is 68.8 cm³/mol. The van der Waals surface area contributed by atoms with Gasteiger partial charge in [-0.05, 0) is 5.92 Å². The van der Waals surface area contributed by atoms with E-state index in [0.29, 0.717) is 18.3 Å². The monoisotopic (exact) mass is 239 g/mol. The van der Waals surface area contributed by atoms with E-state index in [4.69, 9.17) is 10.6 Å². The molecule has 1 heterocycles. The van der Waals surface area contributed by atoms with Gasteiger partial charge in [0.1, 0.15) is 18.0 Å². The number of nitrogens with two attached hydrogens (primary N) is 1. The topological polar surface area (TPSA) is 76.3 Å². The Morgan fingerprint density at radius 2 is 2.24 bits per heavy atom. The zero-order chi connectivity index (χ0) is 12.7. The quantitative estimate of drug-likeness (QED) is 0.543. The number of ether oxygens (including phenoxy) is 1. The lowest BCUT2D eigenvalue weighted by Crippen LogP contribution is -2.31. The third-order valence-corrected chi connectivity index (χ3v) is 2.28. The number of nitrogens with zero attached hydrogens (tertiary/aromatic N) is 3. The predicted octanol–water partition coefficient (Wildman–Crippen LogP) is 0.871. The summed E-state index contributed by atoms with van der Waals surface area (Å²) in [5, 5.41) is 0. The lowest BCUT2D eigenvalue weighted by Gasteiger charge is -2.25. The van der Waals surface area contributed by atoms with Crippen molar-refractivity contribution in [1.82, 2.24) is 9.97 Å². The van der Waals surface area contributed by atoms with Crippen molar-refractivity contribution >= 4 is 11.6 Å². The van der Waals surface area contributed by atoms with Crippen LogP contribution in [0.15, 0.2) is 12.4 Å². The van der Waals surface area contributed by atoms with E-state index in [1.54, 1.807) is 7.11 Å². The van der Waals surface area contributed by atoms with Crippen molar-refractivity contribution in [3.05, 3.63) is 12.4 Å². The number of methoxy groups -OCH3 is 1. The van der Waals surface area contributed by atoms with Crippen LogP contribution in [-0.4, -0.2) is 36.8 Å². The van der Waals surface area contributed by atoms with Gasteiger partial charge in [0.2, 0.25) is 0 Å². The van der Waals surface area contributed by atoms with Gasteiger partial charge in [-0.3, -0.25) is 0 Å². The molecule has 0 saturated carbocycles. The minimum absolute atomic E-state index is 0.552. The fraction of sp³-hybridized carbons (Fsp3) is 0.636. The van der Waals surface area contributed by atoms with Crippen molar-refractivity contribution in [3.8, 4) is 0 Å². The van der Waals surface area contributed by atoms with Crippen molar-refractivity contribution in [2.24, 2.45) is 11.8 Å². The summed E-state index contributed by atoms with van der Waals surface area (Å²) in [6.45, 7) is 6.73. The summed E-state index contributed by atoms with van der Waals surface area (Å²) in [4.78, 5) is 10.4. The second-order valence-corrected chi connectivity index (χ2v) is 4.24. The maximum Gasteiger partial charge on any atom is 0.145 e. The highest BCUT2D eigenvalue weighted by Gasteiger charge is 2.10. The molecule has 0 amide bonds. The molecule has 0 atom stereocenters. The van der Waals surface area contributed by atoms with E-state index in [0.717, 1.165) is 18.9 Å². The molecule has 1 aromatic rings. The van der Waals surface area contributed by atoms with Gasteiger partial charge in [-0.25, -0.2) is 15.8 Å². The molecule has 1 rings (SSSR count). The fourth-order valence-electron chi connectivity index (χ4n) is 1.54. The van der Waals surface area contributed by atoms with Gasteiger partial charge in [0.15, 0.2) is 0 Å². The molecule has 0 aliphatic rings. The summed E-state index contributed by atoms with van der Waals surface area (Å²) in [5.41, 5.74) is 2.52. The molecular formula is C11H21N5O. The van der Waals surface area contributed by atoms with E-state index >= 15 is 0 Å². The number of hydrazine groups is 1. The third kappa shape index (κ3) is 4.54. The van der Waals surface area contributed by atoms with E-state index in [1.165, 1.54) is 6.33 Å². The number of nitrogen functional groups attached to an aromatic ring is 1. The first kappa shape index (κ1) is 13.7. The molecule has 0 unspecified atom stereocenters. The average Bonchev–Trinajstić information content (AvgIpc) is 2.34. The Morgan fingerprint density at radius 1 is 1.47 bits per heavy atom. The Kier molecular flexibility index (Phi) is 5.65. The number of nitrogens with one attached hydrogen (secondary N) is 1. The maximum absolute atomic E-state index is 5.34. The van der Waals surface area contributed by atoms with Crippen LogP contribution < -0.4 is 16.2 Å². The summed E-state index contributed by atoms with van der Waals surface area (Å²) in [6, 6.07) is 1.83. The van der Waals surface area contributed by atoms with E-state index in [1.807, 2.05) is 6.07 Å². The summed E-state index contributed by atoms with van der Waals surface area (Å²) >= 11 is 0. The first-order valence-electron chi connectivity index (χ1n) is 5.70. The standard InChI is InChI=1S/C11H21N5O/c1-9(2)7-16(4-5-17-3)11-6-10(15-12)13-8-14-11/h6,8-9H,4-5,7,12H2,1-3H3,(H,13,14,15). The Labute approximate surface area is 102 Å². The second-order valence-electron chi connectivity index (χ2n) is 4.24. The molecular weight excluding hydrogens is 218 g/mol. The van der Waals surface area contributed by atoms with Crippen LogP contribution in [0.2, 0.25) is 0 Å². The SMILES string of the molecule is COCCN(CC(C)C)c1cc(NN)ncn1. The molecule has 6 nitrogen and oxygen atoms in total. The zero-order valence-corrected chi connectivity index (χ0v) is 10.7. The Morgan fingerprint density at radius 3 is 2.82 bits per heavy atom. The van der Waals surface area contributed by atoms with E-state index < -0.39 is 0 Å². The number of aromatic nitrogens is 2. The van der Waals surface area contributed by atoms with Gasteiger partial charge in [0, 0.05) is 26.3 Å². The van der Waals surface area contributed by atoms with E-state index in [-0.39, 0.29) is 0 Å². The molecule has 1 aromatic heterocycles. The average molecular weight is 239 g/mol. The molecule has 0 aromatic carbocycles. The van der Waals surface area contributed by atoms with Crippen LogP contribution in [0.1, 0.15) is 13.8 Å². The van der Waals surface area contributed by atoms with Crippen molar-refractivity contribution in [2.75, 3.05) is 37.1 Å². The lowest BCUT2D eigenvalue weighted by atomic mass is 10.2. The zero-order valence-electron chi connectivity index (χ0n) is 10.7. The highest BCUT2D eigenvalue weighted by molar-refractivity contribution is 5.47. The molecule has 96 valence electrons. The Balaban J connectivity index is 2.78. The van der Waals surface area contributed by atoms with Crippen LogP contribution in [0.4, 0.5) is 11.6 Å². The molecule has 0 aliphatic carbocycles. The largest absolute Gasteiger partial charge is 0.383 e. The Hall–Kier alpha value is -1.40. The van der Waals surface area contributed by atoms with Crippen LogP contribution in [-0.2, 0) is 4.74 Å². The van der Waals surface area contributed by atoms with Crippen molar-refractivity contribution in [3.63, 3.8) is 0 Å². The van der Waals surface area contributed by atoms with Crippen LogP contribution in [0, 0.1) is 5.92 Å². The first-order chi connectivity index (χ1) is 8.17. The highest BCUT2D eigenvalue weighted by atomic mass is 16.5. The minimum Gasteiger partial charge on any atom is -0.383 e. The van der Waals surface area contributed by atoms with Crippen LogP contribution in [0.5, 0.6) is 0 Å². The molecule has 6 heteroatoms. The van der Waals surface area contributed by atoms with Crippen LogP contribution in [0.3, 0.4) is 0 Å². The fourth-order valence-corrected chi connectivity index (χ4v) is 1.54. The first-order valence-corrected chi connectivity index (χ1v) is 5.70. The molecule has 0 bridgehead atoms. The van der Waals surface area contributed by atoms with Gasteiger partial charge >= 0.3 is 0 Å². The van der Waals surface area contributed by atoms with Gasteiger partial charge in [0.05, 0.1) is 6.61 Å². The van der Waals surface area contributed by atoms with Crippen LogP contribution in [0.25, 0.3) is 0 Å². The normalized spacial score (nSPS) is 10.6. The lowest BCUT2D eigenvalue weighted by molar-refractivity contribution is 0.204. The maximum atomic E-state index is 5.34. The van der Waals surface area contributed by atoms with E-state index in [2.05, 4.69) is 34.1 Å². The molecule has 0 aliphatic heterocycles.